The molecule has 0 atom stereocenters. The molecule has 0 saturated heterocycles. The summed E-state index contributed by atoms with van der Waals surface area (Å²) >= 11 is 0. The first-order valence-corrected chi connectivity index (χ1v) is 5.86. The van der Waals surface area contributed by atoms with Crippen molar-refractivity contribution in [2.75, 3.05) is 5.32 Å². The first-order valence-electron chi connectivity index (χ1n) is 5.86. The van der Waals surface area contributed by atoms with Crippen molar-refractivity contribution in [1.82, 2.24) is 0 Å². The van der Waals surface area contributed by atoms with Gasteiger partial charge in [-0.05, 0) is 37.0 Å². The molecule has 0 amide bonds. The molecule has 0 aliphatic heterocycles. The SMILES string of the molecule is CC(=O)/C=C(/C)Nc1ccccc1C(C)(C)C. The summed E-state index contributed by atoms with van der Waals surface area (Å²) in [4.78, 5) is 11.0. The first kappa shape index (κ1) is 13.5. The maximum absolute atomic E-state index is 11.0. The third-order valence-corrected chi connectivity index (χ3v) is 2.49. The van der Waals surface area contributed by atoms with Gasteiger partial charge in [0.25, 0.3) is 0 Å². The Morgan fingerprint density at radius 2 is 1.76 bits per heavy atom. The normalized spacial score (nSPS) is 12.4. The number of para-hydroxylation sites is 1. The van der Waals surface area contributed by atoms with Gasteiger partial charge in [-0.15, -0.1) is 0 Å². The van der Waals surface area contributed by atoms with Crippen molar-refractivity contribution in [2.24, 2.45) is 0 Å². The van der Waals surface area contributed by atoms with Crippen LogP contribution in [0.4, 0.5) is 5.69 Å². The van der Waals surface area contributed by atoms with Crippen LogP contribution in [0.15, 0.2) is 36.0 Å². The van der Waals surface area contributed by atoms with Gasteiger partial charge < -0.3 is 5.32 Å². The summed E-state index contributed by atoms with van der Waals surface area (Å²) in [7, 11) is 0. The van der Waals surface area contributed by atoms with Crippen LogP contribution in [0, 0.1) is 0 Å². The molecule has 92 valence electrons. The molecule has 0 aliphatic rings. The van der Waals surface area contributed by atoms with Crippen molar-refractivity contribution in [3.63, 3.8) is 0 Å². The van der Waals surface area contributed by atoms with Crippen LogP contribution >= 0.6 is 0 Å². The van der Waals surface area contributed by atoms with Gasteiger partial charge in [-0.3, -0.25) is 4.79 Å². The molecule has 2 heteroatoms. The van der Waals surface area contributed by atoms with E-state index >= 15 is 0 Å². The minimum atomic E-state index is 0.0586. The van der Waals surface area contributed by atoms with E-state index in [9.17, 15) is 4.79 Å². The standard InChI is InChI=1S/C15H21NO/c1-11(10-12(2)17)16-14-9-7-6-8-13(14)15(3,4)5/h6-10,16H,1-5H3/b11-10-. The summed E-state index contributed by atoms with van der Waals surface area (Å²) in [6, 6.07) is 8.19. The number of rotatable bonds is 3. The maximum atomic E-state index is 11.0. The molecule has 0 saturated carbocycles. The molecular weight excluding hydrogens is 210 g/mol. The number of hydrogen-bond donors (Lipinski definition) is 1. The van der Waals surface area contributed by atoms with E-state index in [-0.39, 0.29) is 11.2 Å². The minimum absolute atomic E-state index is 0.0586. The molecule has 0 unspecified atom stereocenters. The third-order valence-electron chi connectivity index (χ3n) is 2.49. The average molecular weight is 231 g/mol. The van der Waals surface area contributed by atoms with Crippen LogP contribution in [-0.2, 0) is 10.2 Å². The van der Waals surface area contributed by atoms with Crippen LogP contribution in [0.3, 0.4) is 0 Å². The van der Waals surface area contributed by atoms with Gasteiger partial charge >= 0.3 is 0 Å². The number of carbonyl (C=O) groups excluding carboxylic acids is 1. The third kappa shape index (κ3) is 4.06. The second kappa shape index (κ2) is 5.17. The lowest BCUT2D eigenvalue weighted by atomic mass is 9.86. The predicted molar refractivity (Wildman–Crippen MR) is 73.2 cm³/mol. The second-order valence-electron chi connectivity index (χ2n) is 5.36. The van der Waals surface area contributed by atoms with Crippen LogP contribution in [0.5, 0.6) is 0 Å². The first-order chi connectivity index (χ1) is 7.80. The Hall–Kier alpha value is -1.57. The number of benzene rings is 1. The summed E-state index contributed by atoms with van der Waals surface area (Å²) in [6.45, 7) is 9.99. The van der Waals surface area contributed by atoms with E-state index in [2.05, 4.69) is 32.2 Å². The highest BCUT2D eigenvalue weighted by molar-refractivity contribution is 5.88. The minimum Gasteiger partial charge on any atom is -0.359 e. The van der Waals surface area contributed by atoms with E-state index in [1.54, 1.807) is 13.0 Å². The lowest BCUT2D eigenvalue weighted by Gasteiger charge is -2.23. The van der Waals surface area contributed by atoms with Crippen molar-refractivity contribution in [3.05, 3.63) is 41.6 Å². The maximum Gasteiger partial charge on any atom is 0.154 e. The molecule has 1 N–H and O–H groups in total. The summed E-state index contributed by atoms with van der Waals surface area (Å²) < 4.78 is 0. The van der Waals surface area contributed by atoms with Crippen LogP contribution in [-0.4, -0.2) is 5.78 Å². The van der Waals surface area contributed by atoms with Crippen molar-refractivity contribution in [3.8, 4) is 0 Å². The van der Waals surface area contributed by atoms with Crippen LogP contribution < -0.4 is 5.32 Å². The Labute approximate surface area is 104 Å². The summed E-state index contributed by atoms with van der Waals surface area (Å²) in [6.07, 6.45) is 1.61. The number of carbonyl (C=O) groups is 1. The van der Waals surface area contributed by atoms with E-state index in [4.69, 9.17) is 0 Å². The molecule has 0 aliphatic carbocycles. The van der Waals surface area contributed by atoms with Gasteiger partial charge in [-0.1, -0.05) is 39.0 Å². The second-order valence-corrected chi connectivity index (χ2v) is 5.36. The molecule has 0 bridgehead atoms. The summed E-state index contributed by atoms with van der Waals surface area (Å²) in [5.74, 6) is 0.0586. The molecule has 0 heterocycles. The van der Waals surface area contributed by atoms with Crippen molar-refractivity contribution >= 4 is 11.5 Å². The lowest BCUT2D eigenvalue weighted by molar-refractivity contribution is -0.112. The van der Waals surface area contributed by atoms with Crippen molar-refractivity contribution in [2.45, 2.75) is 40.0 Å². The topological polar surface area (TPSA) is 29.1 Å². The molecule has 2 nitrogen and oxygen atoms in total. The Kier molecular flexibility index (Phi) is 4.11. The molecule has 0 fully saturated rings. The quantitative estimate of drug-likeness (QED) is 0.800. The van der Waals surface area contributed by atoms with Crippen molar-refractivity contribution < 1.29 is 4.79 Å². The lowest BCUT2D eigenvalue weighted by Crippen LogP contribution is -2.14. The highest BCUT2D eigenvalue weighted by atomic mass is 16.1. The number of hydrogen-bond acceptors (Lipinski definition) is 2. The predicted octanol–water partition coefficient (Wildman–Crippen LogP) is 3.89. The monoisotopic (exact) mass is 231 g/mol. The molecule has 17 heavy (non-hydrogen) atoms. The number of anilines is 1. The fourth-order valence-electron chi connectivity index (χ4n) is 1.80. The highest BCUT2D eigenvalue weighted by Gasteiger charge is 2.17. The van der Waals surface area contributed by atoms with Gasteiger partial charge in [-0.2, -0.15) is 0 Å². The zero-order valence-electron chi connectivity index (χ0n) is 11.3. The highest BCUT2D eigenvalue weighted by Crippen LogP contribution is 2.29. The Morgan fingerprint density at radius 3 is 2.29 bits per heavy atom. The fourth-order valence-corrected chi connectivity index (χ4v) is 1.80. The largest absolute Gasteiger partial charge is 0.359 e. The Morgan fingerprint density at radius 1 is 1.18 bits per heavy atom. The van der Waals surface area contributed by atoms with E-state index < -0.39 is 0 Å². The van der Waals surface area contributed by atoms with Gasteiger partial charge in [-0.25, -0.2) is 0 Å². The Bertz CT molecular complexity index is 438. The Balaban J connectivity index is 3.04. The molecule has 0 radical (unpaired) electrons. The summed E-state index contributed by atoms with van der Waals surface area (Å²) in [5, 5.41) is 3.29. The molecule has 0 aromatic heterocycles. The molecule has 1 aromatic rings. The van der Waals surface area contributed by atoms with Crippen LogP contribution in [0.2, 0.25) is 0 Å². The van der Waals surface area contributed by atoms with Gasteiger partial charge in [0.1, 0.15) is 0 Å². The molecule has 0 spiro atoms. The molecule has 1 rings (SSSR count). The van der Waals surface area contributed by atoms with Gasteiger partial charge in [0, 0.05) is 11.4 Å². The zero-order chi connectivity index (χ0) is 13.1. The van der Waals surface area contributed by atoms with E-state index in [1.165, 1.54) is 5.56 Å². The number of allylic oxidation sites excluding steroid dienone is 2. The fraction of sp³-hybridized carbons (Fsp3) is 0.400. The van der Waals surface area contributed by atoms with E-state index in [0.717, 1.165) is 11.4 Å². The average Bonchev–Trinajstić information content (AvgIpc) is 2.15. The van der Waals surface area contributed by atoms with Crippen LogP contribution in [0.25, 0.3) is 0 Å². The van der Waals surface area contributed by atoms with E-state index in [1.807, 2.05) is 25.1 Å². The van der Waals surface area contributed by atoms with Crippen LogP contribution in [0.1, 0.15) is 40.2 Å². The molecule has 1 aromatic carbocycles. The van der Waals surface area contributed by atoms with Gasteiger partial charge in [0.15, 0.2) is 5.78 Å². The zero-order valence-corrected chi connectivity index (χ0v) is 11.3. The smallest absolute Gasteiger partial charge is 0.154 e. The molecular formula is C15H21NO. The van der Waals surface area contributed by atoms with Gasteiger partial charge in [0.2, 0.25) is 0 Å². The number of ketones is 1. The van der Waals surface area contributed by atoms with E-state index in [0.29, 0.717) is 0 Å². The van der Waals surface area contributed by atoms with Gasteiger partial charge in [0.05, 0.1) is 0 Å². The summed E-state index contributed by atoms with van der Waals surface area (Å²) in [5.41, 5.74) is 3.26. The van der Waals surface area contributed by atoms with Crippen molar-refractivity contribution in [1.29, 1.82) is 0 Å². The number of nitrogens with one attached hydrogen (secondary N) is 1.